The third-order valence-corrected chi connectivity index (χ3v) is 10.8. The molecule has 2 aliphatic rings. The minimum absolute atomic E-state index is 0.0636. The largest absolute Gasteiger partial charge is 0.464 e. The summed E-state index contributed by atoms with van der Waals surface area (Å²) in [4.78, 5) is 65.8. The number of benzene rings is 2. The minimum atomic E-state index is -0.470. The van der Waals surface area contributed by atoms with Crippen molar-refractivity contribution in [3.63, 3.8) is 0 Å². The standard InChI is InChI=1S/C42H40N8O6/c1-24-16-27(20-44-37(24)41(53)43-13-5-6-25-7-9-35-32(17-25)33(23-56-35)30-8-10-36(51)47-40(30)52)39-45-21-29(22-46-39)48(2)28-18-31(26-11-14-55-15-12-26)38-34(19-28)49(3)42(54)50(38)4/h7,9,16-23,26,30H,8,10-15H2,1-4H3,(H,43,53)(H,47,51,52). The summed E-state index contributed by atoms with van der Waals surface area (Å²) in [6, 6.07) is 11.5. The second-order valence-corrected chi connectivity index (χ2v) is 14.3. The molecule has 6 aromatic rings. The topological polar surface area (TPSA) is 166 Å². The number of carbonyl (C=O) groups excluding carboxylic acids is 3. The second kappa shape index (κ2) is 14.9. The number of fused-ring (bicyclic) bond motifs is 2. The van der Waals surface area contributed by atoms with Crippen molar-refractivity contribution in [3.05, 3.63) is 99.7 Å². The van der Waals surface area contributed by atoms with Crippen LogP contribution in [0.2, 0.25) is 0 Å². The Kier molecular flexibility index (Phi) is 9.69. The first-order valence-electron chi connectivity index (χ1n) is 18.5. The van der Waals surface area contributed by atoms with E-state index in [0.717, 1.165) is 51.8 Å². The number of aryl methyl sites for hydroxylation is 3. The number of pyridine rings is 1. The normalized spacial score (nSPS) is 16.1. The van der Waals surface area contributed by atoms with Gasteiger partial charge in [-0.25, -0.2) is 14.8 Å². The number of hydrogen-bond acceptors (Lipinski definition) is 10. The highest BCUT2D eigenvalue weighted by molar-refractivity contribution is 6.03. The number of amides is 3. The van der Waals surface area contributed by atoms with E-state index in [9.17, 15) is 19.2 Å². The Morgan fingerprint density at radius 3 is 2.50 bits per heavy atom. The highest BCUT2D eigenvalue weighted by atomic mass is 16.5. The molecule has 2 N–H and O–H groups in total. The zero-order valence-corrected chi connectivity index (χ0v) is 31.5. The van der Waals surface area contributed by atoms with E-state index in [-0.39, 0.29) is 48.0 Å². The number of rotatable bonds is 7. The molecule has 14 nitrogen and oxygen atoms in total. The Labute approximate surface area is 321 Å². The number of furan rings is 1. The second-order valence-electron chi connectivity index (χ2n) is 14.3. The highest BCUT2D eigenvalue weighted by Gasteiger charge is 2.30. The van der Waals surface area contributed by atoms with Gasteiger partial charge in [-0.15, -0.1) is 0 Å². The lowest BCUT2D eigenvalue weighted by atomic mass is 9.90. The fraction of sp³-hybridized carbons (Fsp3) is 0.310. The lowest BCUT2D eigenvalue weighted by molar-refractivity contribution is -0.134. The Balaban J connectivity index is 0.937. The Morgan fingerprint density at radius 2 is 1.75 bits per heavy atom. The van der Waals surface area contributed by atoms with Gasteiger partial charge >= 0.3 is 5.69 Å². The molecule has 0 saturated carbocycles. The summed E-state index contributed by atoms with van der Waals surface area (Å²) < 4.78 is 14.7. The van der Waals surface area contributed by atoms with Crippen molar-refractivity contribution in [2.24, 2.45) is 14.1 Å². The van der Waals surface area contributed by atoms with E-state index in [2.05, 4.69) is 43.5 Å². The number of imide groups is 1. The van der Waals surface area contributed by atoms with Crippen molar-refractivity contribution in [2.45, 2.75) is 44.4 Å². The molecular formula is C42H40N8O6. The van der Waals surface area contributed by atoms with Crippen LogP contribution in [0.4, 0.5) is 11.4 Å². The molecule has 56 heavy (non-hydrogen) atoms. The van der Waals surface area contributed by atoms with Crippen LogP contribution in [0.3, 0.4) is 0 Å². The smallest absolute Gasteiger partial charge is 0.328 e. The lowest BCUT2D eigenvalue weighted by Gasteiger charge is -2.26. The molecule has 3 amide bonds. The summed E-state index contributed by atoms with van der Waals surface area (Å²) in [6.07, 6.45) is 9.12. The van der Waals surface area contributed by atoms with E-state index in [1.807, 2.05) is 50.2 Å². The Bertz CT molecular complexity index is 2660. The van der Waals surface area contributed by atoms with Crippen molar-refractivity contribution < 1.29 is 23.5 Å². The van der Waals surface area contributed by atoms with Crippen LogP contribution in [0.5, 0.6) is 0 Å². The number of carbonyl (C=O) groups is 3. The van der Waals surface area contributed by atoms with E-state index in [0.29, 0.717) is 47.7 Å². The van der Waals surface area contributed by atoms with E-state index >= 15 is 0 Å². The van der Waals surface area contributed by atoms with E-state index < -0.39 is 5.92 Å². The summed E-state index contributed by atoms with van der Waals surface area (Å²) in [5.74, 6) is 5.36. The van der Waals surface area contributed by atoms with Gasteiger partial charge in [0, 0.05) is 74.7 Å². The zero-order chi connectivity index (χ0) is 39.1. The molecule has 0 spiro atoms. The molecule has 2 fully saturated rings. The summed E-state index contributed by atoms with van der Waals surface area (Å²) in [5, 5.41) is 5.97. The van der Waals surface area contributed by atoms with Crippen LogP contribution in [0, 0.1) is 18.8 Å². The van der Waals surface area contributed by atoms with Gasteiger partial charge in [0.1, 0.15) is 11.3 Å². The number of piperidine rings is 1. The van der Waals surface area contributed by atoms with Gasteiger partial charge in [-0.3, -0.25) is 33.8 Å². The van der Waals surface area contributed by atoms with Crippen molar-refractivity contribution in [3.8, 4) is 23.2 Å². The average Bonchev–Trinajstić information content (AvgIpc) is 3.73. The van der Waals surface area contributed by atoms with Crippen molar-refractivity contribution in [1.29, 1.82) is 0 Å². The van der Waals surface area contributed by atoms with E-state index in [4.69, 9.17) is 9.15 Å². The van der Waals surface area contributed by atoms with E-state index in [1.165, 1.54) is 0 Å². The fourth-order valence-electron chi connectivity index (χ4n) is 7.65. The van der Waals surface area contributed by atoms with Crippen molar-refractivity contribution in [1.82, 2.24) is 34.7 Å². The van der Waals surface area contributed by atoms with Gasteiger partial charge in [0.05, 0.1) is 47.8 Å². The van der Waals surface area contributed by atoms with Gasteiger partial charge in [-0.2, -0.15) is 0 Å². The predicted octanol–water partition coefficient (Wildman–Crippen LogP) is 4.75. The molecule has 0 aliphatic carbocycles. The summed E-state index contributed by atoms with van der Waals surface area (Å²) in [7, 11) is 5.58. The molecule has 284 valence electrons. The van der Waals surface area contributed by atoms with Gasteiger partial charge in [0.2, 0.25) is 11.8 Å². The summed E-state index contributed by atoms with van der Waals surface area (Å²) in [5.41, 5.74) is 8.22. The zero-order valence-electron chi connectivity index (χ0n) is 31.5. The number of imidazole rings is 1. The Hall–Kier alpha value is -6.59. The number of nitrogens with zero attached hydrogens (tertiary/aromatic N) is 6. The molecule has 6 heterocycles. The first kappa shape index (κ1) is 36.4. The molecule has 2 aromatic carbocycles. The quantitative estimate of drug-likeness (QED) is 0.172. The minimum Gasteiger partial charge on any atom is -0.464 e. The number of hydrogen-bond donors (Lipinski definition) is 2. The van der Waals surface area contributed by atoms with Crippen molar-refractivity contribution in [2.75, 3.05) is 31.7 Å². The van der Waals surface area contributed by atoms with Crippen LogP contribution in [-0.2, 0) is 28.4 Å². The molecule has 1 unspecified atom stereocenters. The SMILES string of the molecule is Cc1cc(-c2ncc(N(C)c3cc(C4CCOCC4)c4c(c3)n(C)c(=O)n4C)cn2)cnc1C(=O)NCC#Cc1ccc2occ(C3CCC(=O)NC3=O)c2c1. The van der Waals surface area contributed by atoms with Crippen LogP contribution >= 0.6 is 0 Å². The van der Waals surface area contributed by atoms with Crippen LogP contribution in [0.25, 0.3) is 33.4 Å². The van der Waals surface area contributed by atoms with Gasteiger partial charge in [0.25, 0.3) is 5.91 Å². The number of nitrogens with one attached hydrogen (secondary N) is 2. The maximum atomic E-state index is 13.1. The third-order valence-electron chi connectivity index (χ3n) is 10.8. The molecule has 14 heteroatoms. The Morgan fingerprint density at radius 1 is 0.964 bits per heavy atom. The van der Waals surface area contributed by atoms with Gasteiger partial charge in [0.15, 0.2) is 5.82 Å². The molecule has 2 saturated heterocycles. The molecule has 0 bridgehead atoms. The maximum absolute atomic E-state index is 13.1. The molecular weight excluding hydrogens is 713 g/mol. The number of ether oxygens (including phenoxy) is 1. The number of anilines is 2. The summed E-state index contributed by atoms with van der Waals surface area (Å²) >= 11 is 0. The summed E-state index contributed by atoms with van der Waals surface area (Å²) in [6.45, 7) is 3.29. The maximum Gasteiger partial charge on any atom is 0.328 e. The average molecular weight is 753 g/mol. The molecule has 4 aromatic heterocycles. The molecule has 2 aliphatic heterocycles. The van der Waals surface area contributed by atoms with Crippen LogP contribution < -0.4 is 21.2 Å². The predicted molar refractivity (Wildman–Crippen MR) is 210 cm³/mol. The fourth-order valence-corrected chi connectivity index (χ4v) is 7.65. The van der Waals surface area contributed by atoms with Crippen LogP contribution in [0.15, 0.2) is 70.5 Å². The monoisotopic (exact) mass is 752 g/mol. The van der Waals surface area contributed by atoms with Crippen molar-refractivity contribution >= 4 is 51.1 Å². The first-order valence-corrected chi connectivity index (χ1v) is 18.5. The van der Waals surface area contributed by atoms with Crippen LogP contribution in [-0.4, -0.2) is 68.6 Å². The molecule has 1 atom stereocenters. The lowest BCUT2D eigenvalue weighted by Crippen LogP contribution is -2.39. The van der Waals surface area contributed by atoms with Gasteiger partial charge in [-0.1, -0.05) is 11.8 Å². The molecule has 8 rings (SSSR count). The van der Waals surface area contributed by atoms with Gasteiger partial charge in [-0.05, 0) is 79.6 Å². The van der Waals surface area contributed by atoms with Gasteiger partial charge < -0.3 is 19.4 Å². The third kappa shape index (κ3) is 6.81. The first-order chi connectivity index (χ1) is 27.1. The van der Waals surface area contributed by atoms with E-state index in [1.54, 1.807) is 47.1 Å². The highest BCUT2D eigenvalue weighted by Crippen LogP contribution is 2.37. The number of aromatic nitrogens is 5. The molecule has 0 radical (unpaired) electrons. The van der Waals surface area contributed by atoms with Crippen LogP contribution in [0.1, 0.15) is 70.3 Å².